The van der Waals surface area contributed by atoms with Gasteiger partial charge in [-0.2, -0.15) is 4.98 Å². The number of aromatic nitrogens is 4. The first-order chi connectivity index (χ1) is 17.9. The molecule has 3 N–H and O–H groups in total. The smallest absolute Gasteiger partial charge is 0.355 e. The molecule has 192 valence electrons. The summed E-state index contributed by atoms with van der Waals surface area (Å²) in [6, 6.07) is 16.1. The largest absolute Gasteiger partial charge is 0.497 e. The second-order valence-corrected chi connectivity index (χ2v) is 8.10. The Bertz CT molecular complexity index is 1480. The maximum absolute atomic E-state index is 13.6. The Labute approximate surface area is 213 Å². The minimum Gasteiger partial charge on any atom is -0.497 e. The standard InChI is InChI=1S/C26H28N6O5/c1-35-19-8-4-17(5-9-19)15-31-24(29-14-21-22(37-3)12-13-28-23(21)27)30-25(33)32(26(31)34)16-18-6-10-20(36-2)11-7-18/h4-13H,14-16H2,1-3H3,(H2,27,28)(H,29,30,33). The van der Waals surface area contributed by atoms with Crippen LogP contribution in [0.15, 0.2) is 70.4 Å². The van der Waals surface area contributed by atoms with Crippen LogP contribution in [0, 0.1) is 0 Å². The number of methoxy groups -OCH3 is 3. The molecule has 0 spiro atoms. The maximum Gasteiger partial charge on any atom is 0.355 e. The van der Waals surface area contributed by atoms with Crippen molar-refractivity contribution < 1.29 is 14.2 Å². The highest BCUT2D eigenvalue weighted by molar-refractivity contribution is 5.50. The Kier molecular flexibility index (Phi) is 7.72. The van der Waals surface area contributed by atoms with Gasteiger partial charge in [0.25, 0.3) is 0 Å². The van der Waals surface area contributed by atoms with Gasteiger partial charge in [0, 0.05) is 6.20 Å². The number of nitrogens with one attached hydrogen (secondary N) is 1. The molecule has 4 rings (SSSR count). The minimum absolute atomic E-state index is 0.0565. The highest BCUT2D eigenvalue weighted by atomic mass is 16.5. The van der Waals surface area contributed by atoms with Crippen molar-refractivity contribution in [2.24, 2.45) is 0 Å². The molecule has 0 saturated heterocycles. The van der Waals surface area contributed by atoms with Gasteiger partial charge in [-0.15, -0.1) is 0 Å². The molecule has 0 saturated carbocycles. The van der Waals surface area contributed by atoms with E-state index in [0.717, 1.165) is 15.7 Å². The summed E-state index contributed by atoms with van der Waals surface area (Å²) in [7, 11) is 4.68. The second kappa shape index (κ2) is 11.3. The molecule has 4 aromatic rings. The van der Waals surface area contributed by atoms with Crippen LogP contribution in [0.2, 0.25) is 0 Å². The zero-order valence-corrected chi connectivity index (χ0v) is 20.8. The number of nitrogen functional groups attached to an aromatic ring is 1. The van der Waals surface area contributed by atoms with Gasteiger partial charge in [0.15, 0.2) is 0 Å². The summed E-state index contributed by atoms with van der Waals surface area (Å²) in [6.45, 7) is 0.363. The van der Waals surface area contributed by atoms with Crippen molar-refractivity contribution in [2.75, 3.05) is 32.4 Å². The first-order valence-electron chi connectivity index (χ1n) is 11.4. The van der Waals surface area contributed by atoms with E-state index < -0.39 is 11.4 Å². The third-order valence-corrected chi connectivity index (χ3v) is 5.84. The first-order valence-corrected chi connectivity index (χ1v) is 11.4. The molecular formula is C26H28N6O5. The summed E-state index contributed by atoms with van der Waals surface area (Å²) in [5.41, 5.74) is 7.00. The molecule has 0 atom stereocenters. The molecule has 11 heteroatoms. The first kappa shape index (κ1) is 25.3. The fourth-order valence-corrected chi connectivity index (χ4v) is 3.80. The zero-order chi connectivity index (χ0) is 26.4. The average molecular weight is 505 g/mol. The van der Waals surface area contributed by atoms with Crippen molar-refractivity contribution in [3.63, 3.8) is 0 Å². The predicted molar refractivity (Wildman–Crippen MR) is 139 cm³/mol. The number of rotatable bonds is 10. The van der Waals surface area contributed by atoms with Crippen LogP contribution in [0.3, 0.4) is 0 Å². The molecule has 2 aromatic heterocycles. The Morgan fingerprint density at radius 3 is 1.92 bits per heavy atom. The number of hydrogen-bond acceptors (Lipinski definition) is 9. The lowest BCUT2D eigenvalue weighted by Crippen LogP contribution is -2.43. The summed E-state index contributed by atoms with van der Waals surface area (Å²) in [4.78, 5) is 34.9. The monoisotopic (exact) mass is 504 g/mol. The minimum atomic E-state index is -0.680. The molecule has 0 radical (unpaired) electrons. The van der Waals surface area contributed by atoms with E-state index in [1.54, 1.807) is 56.7 Å². The molecule has 0 aliphatic heterocycles. The van der Waals surface area contributed by atoms with Crippen molar-refractivity contribution in [1.82, 2.24) is 19.1 Å². The van der Waals surface area contributed by atoms with E-state index in [-0.39, 0.29) is 31.4 Å². The van der Waals surface area contributed by atoms with Crippen LogP contribution in [0.25, 0.3) is 0 Å². The van der Waals surface area contributed by atoms with Gasteiger partial charge >= 0.3 is 11.4 Å². The number of ether oxygens (including phenoxy) is 3. The zero-order valence-electron chi connectivity index (χ0n) is 20.8. The van der Waals surface area contributed by atoms with Crippen LogP contribution in [0.1, 0.15) is 16.7 Å². The van der Waals surface area contributed by atoms with Gasteiger partial charge in [-0.3, -0.25) is 4.57 Å². The SMILES string of the molecule is COc1ccc(Cn2c(NCc3c(OC)ccnc3N)nc(=O)n(Cc3ccc(OC)cc3)c2=O)cc1. The number of benzene rings is 2. The topological polar surface area (TPSA) is 136 Å². The summed E-state index contributed by atoms with van der Waals surface area (Å²) >= 11 is 0. The van der Waals surface area contributed by atoms with E-state index in [0.29, 0.717) is 22.8 Å². The molecule has 0 unspecified atom stereocenters. The van der Waals surface area contributed by atoms with E-state index >= 15 is 0 Å². The van der Waals surface area contributed by atoms with Crippen molar-refractivity contribution in [3.8, 4) is 17.2 Å². The third-order valence-electron chi connectivity index (χ3n) is 5.84. The molecule has 0 aliphatic rings. The summed E-state index contributed by atoms with van der Waals surface area (Å²) < 4.78 is 18.3. The fourth-order valence-electron chi connectivity index (χ4n) is 3.80. The number of hydrogen-bond donors (Lipinski definition) is 2. The molecule has 0 bridgehead atoms. The van der Waals surface area contributed by atoms with Crippen LogP contribution in [0.5, 0.6) is 17.2 Å². The number of pyridine rings is 1. The van der Waals surface area contributed by atoms with E-state index in [1.165, 1.54) is 17.9 Å². The van der Waals surface area contributed by atoms with Gasteiger partial charge in [0.05, 0.1) is 46.5 Å². The number of nitrogens with two attached hydrogens (primary N) is 1. The van der Waals surface area contributed by atoms with Gasteiger partial charge in [0.1, 0.15) is 23.1 Å². The molecule has 37 heavy (non-hydrogen) atoms. The van der Waals surface area contributed by atoms with Gasteiger partial charge in [-0.05, 0) is 41.5 Å². The van der Waals surface area contributed by atoms with Crippen molar-refractivity contribution >= 4 is 11.8 Å². The van der Waals surface area contributed by atoms with Gasteiger partial charge in [-0.1, -0.05) is 24.3 Å². The summed E-state index contributed by atoms with van der Waals surface area (Å²) in [5.74, 6) is 2.26. The average Bonchev–Trinajstić information content (AvgIpc) is 2.92. The van der Waals surface area contributed by atoms with Crippen molar-refractivity contribution in [2.45, 2.75) is 19.6 Å². The number of anilines is 2. The molecular weight excluding hydrogens is 476 g/mol. The quantitative estimate of drug-likeness (QED) is 0.333. The predicted octanol–water partition coefficient (Wildman–Crippen LogP) is 2.12. The Morgan fingerprint density at radius 2 is 1.38 bits per heavy atom. The Morgan fingerprint density at radius 1 is 0.811 bits per heavy atom. The normalized spacial score (nSPS) is 10.7. The summed E-state index contributed by atoms with van der Waals surface area (Å²) in [5, 5.41) is 3.07. The molecule has 11 nitrogen and oxygen atoms in total. The highest BCUT2D eigenvalue weighted by Crippen LogP contribution is 2.23. The lowest BCUT2D eigenvalue weighted by molar-refractivity contribution is 0.410. The number of nitrogens with zero attached hydrogens (tertiary/aromatic N) is 4. The van der Waals surface area contributed by atoms with E-state index in [4.69, 9.17) is 19.9 Å². The van der Waals surface area contributed by atoms with E-state index in [2.05, 4.69) is 15.3 Å². The molecule has 0 amide bonds. The molecule has 2 aromatic carbocycles. The van der Waals surface area contributed by atoms with Crippen LogP contribution >= 0.6 is 0 Å². The van der Waals surface area contributed by atoms with Crippen molar-refractivity contribution in [3.05, 3.63) is 98.5 Å². The summed E-state index contributed by atoms with van der Waals surface area (Å²) in [6.07, 6.45) is 1.54. The second-order valence-electron chi connectivity index (χ2n) is 8.10. The van der Waals surface area contributed by atoms with E-state index in [9.17, 15) is 9.59 Å². The van der Waals surface area contributed by atoms with Gasteiger partial charge in [-0.25, -0.2) is 19.1 Å². The third kappa shape index (κ3) is 5.72. The van der Waals surface area contributed by atoms with Crippen LogP contribution in [0.4, 0.5) is 11.8 Å². The molecule has 2 heterocycles. The van der Waals surface area contributed by atoms with Gasteiger partial charge < -0.3 is 25.3 Å². The Hall–Kier alpha value is -4.80. The van der Waals surface area contributed by atoms with Crippen LogP contribution in [-0.4, -0.2) is 40.4 Å². The lowest BCUT2D eigenvalue weighted by atomic mass is 10.2. The molecule has 0 fully saturated rings. The van der Waals surface area contributed by atoms with Crippen LogP contribution in [-0.2, 0) is 19.6 Å². The fraction of sp³-hybridized carbons (Fsp3) is 0.231. The van der Waals surface area contributed by atoms with Crippen molar-refractivity contribution in [1.29, 1.82) is 0 Å². The van der Waals surface area contributed by atoms with E-state index in [1.807, 2.05) is 12.1 Å². The van der Waals surface area contributed by atoms with Crippen LogP contribution < -0.4 is 36.6 Å². The van der Waals surface area contributed by atoms with Gasteiger partial charge in [0.2, 0.25) is 5.95 Å². The molecule has 0 aliphatic carbocycles. The maximum atomic E-state index is 13.6. The highest BCUT2D eigenvalue weighted by Gasteiger charge is 2.16. The Balaban J connectivity index is 1.73. The lowest BCUT2D eigenvalue weighted by Gasteiger charge is -2.17.